The average molecular weight is 266 g/mol. The lowest BCUT2D eigenvalue weighted by Crippen LogP contribution is -2.52. The van der Waals surface area contributed by atoms with Crippen molar-refractivity contribution in [2.45, 2.75) is 38.3 Å². The molecule has 19 heavy (non-hydrogen) atoms. The van der Waals surface area contributed by atoms with Gasteiger partial charge in [-0.05, 0) is 19.8 Å². The topological polar surface area (TPSA) is 43.8 Å². The Hall–Kier alpha value is -1.13. The molecule has 0 aromatic carbocycles. The summed E-state index contributed by atoms with van der Waals surface area (Å²) in [5.41, 5.74) is 0. The van der Waals surface area contributed by atoms with E-state index in [1.807, 2.05) is 0 Å². The van der Waals surface area contributed by atoms with Gasteiger partial charge in [-0.25, -0.2) is 0 Å². The van der Waals surface area contributed by atoms with Gasteiger partial charge in [0.1, 0.15) is 0 Å². The third-order valence-corrected chi connectivity index (χ3v) is 3.77. The molecule has 0 spiro atoms. The van der Waals surface area contributed by atoms with Crippen molar-refractivity contribution in [1.29, 1.82) is 0 Å². The first-order valence-corrected chi connectivity index (χ1v) is 7.00. The lowest BCUT2D eigenvalue weighted by Gasteiger charge is -2.40. The number of nitrogens with zero attached hydrogens (tertiary/aromatic N) is 2. The Kier molecular flexibility index (Phi) is 6.81. The van der Waals surface area contributed by atoms with Gasteiger partial charge < -0.3 is 10.0 Å². The van der Waals surface area contributed by atoms with Gasteiger partial charge in [-0.15, -0.1) is 13.2 Å². The Bertz CT molecular complexity index is 307. The van der Waals surface area contributed by atoms with Crippen LogP contribution in [0, 0.1) is 0 Å². The van der Waals surface area contributed by atoms with Crippen LogP contribution in [0.25, 0.3) is 0 Å². The molecule has 2 unspecified atom stereocenters. The molecule has 0 aliphatic carbocycles. The molecule has 4 nitrogen and oxygen atoms in total. The van der Waals surface area contributed by atoms with Gasteiger partial charge in [0.25, 0.3) is 0 Å². The van der Waals surface area contributed by atoms with Crippen molar-refractivity contribution < 1.29 is 9.90 Å². The lowest BCUT2D eigenvalue weighted by molar-refractivity contribution is -0.133. The van der Waals surface area contributed by atoms with Gasteiger partial charge in [-0.3, -0.25) is 9.69 Å². The number of carbonyl (C=O) groups excluding carboxylic acids is 1. The predicted molar refractivity (Wildman–Crippen MR) is 77.9 cm³/mol. The summed E-state index contributed by atoms with van der Waals surface area (Å²) in [4.78, 5) is 16.2. The minimum Gasteiger partial charge on any atom is -0.395 e. The number of amides is 1. The maximum atomic E-state index is 12.3. The molecular formula is C15H26N2O2. The van der Waals surface area contributed by atoms with E-state index in [9.17, 15) is 9.90 Å². The van der Waals surface area contributed by atoms with E-state index < -0.39 is 0 Å². The Morgan fingerprint density at radius 1 is 1.37 bits per heavy atom. The minimum atomic E-state index is 0.0759. The van der Waals surface area contributed by atoms with Gasteiger partial charge in [-0.1, -0.05) is 18.6 Å². The van der Waals surface area contributed by atoms with Crippen molar-refractivity contribution in [3.8, 4) is 0 Å². The van der Waals surface area contributed by atoms with Crippen molar-refractivity contribution >= 4 is 5.91 Å². The standard InChI is InChI=1S/C15H26N2O2/c1-4-9-16(10-5-2)15(19)11-17-13(3)7-6-8-14(17)12-18/h4-5,13-14,18H,1-2,6-12H2,3H3. The van der Waals surface area contributed by atoms with E-state index in [-0.39, 0.29) is 18.6 Å². The van der Waals surface area contributed by atoms with Gasteiger partial charge in [0.15, 0.2) is 0 Å². The van der Waals surface area contributed by atoms with Crippen molar-refractivity contribution in [3.05, 3.63) is 25.3 Å². The largest absolute Gasteiger partial charge is 0.395 e. The Balaban J connectivity index is 2.65. The van der Waals surface area contributed by atoms with E-state index in [0.29, 0.717) is 25.7 Å². The quantitative estimate of drug-likeness (QED) is 0.709. The number of hydrogen-bond acceptors (Lipinski definition) is 3. The number of aliphatic hydroxyl groups is 1. The number of aliphatic hydroxyl groups excluding tert-OH is 1. The molecule has 1 fully saturated rings. The summed E-state index contributed by atoms with van der Waals surface area (Å²) in [5, 5.41) is 9.44. The average Bonchev–Trinajstić information content (AvgIpc) is 2.40. The second-order valence-corrected chi connectivity index (χ2v) is 5.16. The van der Waals surface area contributed by atoms with E-state index in [1.165, 1.54) is 0 Å². The SMILES string of the molecule is C=CCN(CC=C)C(=O)CN1C(C)CCCC1CO. The summed E-state index contributed by atoms with van der Waals surface area (Å²) in [5.74, 6) is 0.0759. The number of carbonyl (C=O) groups is 1. The van der Waals surface area contributed by atoms with Crippen molar-refractivity contribution in [2.24, 2.45) is 0 Å². The fourth-order valence-corrected chi connectivity index (χ4v) is 2.67. The summed E-state index contributed by atoms with van der Waals surface area (Å²) in [7, 11) is 0. The van der Waals surface area contributed by atoms with E-state index in [4.69, 9.17) is 0 Å². The summed E-state index contributed by atoms with van der Waals surface area (Å²) in [6.07, 6.45) is 6.64. The first-order chi connectivity index (χ1) is 9.13. The molecule has 1 aliphatic heterocycles. The third kappa shape index (κ3) is 4.48. The summed E-state index contributed by atoms with van der Waals surface area (Å²) in [6.45, 7) is 11.0. The molecular weight excluding hydrogens is 240 g/mol. The highest BCUT2D eigenvalue weighted by Crippen LogP contribution is 2.22. The normalized spacial score (nSPS) is 23.9. The smallest absolute Gasteiger partial charge is 0.237 e. The minimum absolute atomic E-state index is 0.0759. The second kappa shape index (κ2) is 8.12. The molecule has 108 valence electrons. The molecule has 1 amide bonds. The molecule has 1 N–H and O–H groups in total. The Morgan fingerprint density at radius 2 is 2.00 bits per heavy atom. The lowest BCUT2D eigenvalue weighted by atomic mass is 9.97. The number of rotatable bonds is 7. The van der Waals surface area contributed by atoms with Crippen LogP contribution < -0.4 is 0 Å². The van der Waals surface area contributed by atoms with Gasteiger partial charge in [0.05, 0.1) is 13.2 Å². The van der Waals surface area contributed by atoms with Crippen LogP contribution in [-0.2, 0) is 4.79 Å². The molecule has 4 heteroatoms. The fraction of sp³-hybridized carbons (Fsp3) is 0.667. The van der Waals surface area contributed by atoms with Gasteiger partial charge >= 0.3 is 0 Å². The predicted octanol–water partition coefficient (Wildman–Crippen LogP) is 1.42. The van der Waals surface area contributed by atoms with Crippen LogP contribution in [0.4, 0.5) is 0 Å². The van der Waals surface area contributed by atoms with Crippen molar-refractivity contribution in [1.82, 2.24) is 9.80 Å². The molecule has 0 aromatic heterocycles. The first kappa shape index (κ1) is 15.9. The highest BCUT2D eigenvalue weighted by Gasteiger charge is 2.29. The zero-order chi connectivity index (χ0) is 14.3. The van der Waals surface area contributed by atoms with E-state index >= 15 is 0 Å². The molecule has 1 aliphatic rings. The number of hydrogen-bond donors (Lipinski definition) is 1. The van der Waals surface area contributed by atoms with E-state index in [2.05, 4.69) is 25.0 Å². The summed E-state index contributed by atoms with van der Waals surface area (Å²) in [6, 6.07) is 0.464. The second-order valence-electron chi connectivity index (χ2n) is 5.16. The van der Waals surface area contributed by atoms with Crippen LogP contribution in [0.5, 0.6) is 0 Å². The third-order valence-electron chi connectivity index (χ3n) is 3.77. The van der Waals surface area contributed by atoms with Crippen LogP contribution in [0.3, 0.4) is 0 Å². The highest BCUT2D eigenvalue weighted by atomic mass is 16.3. The molecule has 1 heterocycles. The zero-order valence-corrected chi connectivity index (χ0v) is 11.9. The van der Waals surface area contributed by atoms with Crippen LogP contribution in [0.15, 0.2) is 25.3 Å². The molecule has 0 saturated carbocycles. The maximum Gasteiger partial charge on any atom is 0.237 e. The number of piperidine rings is 1. The monoisotopic (exact) mass is 266 g/mol. The molecule has 1 saturated heterocycles. The van der Waals surface area contributed by atoms with Crippen LogP contribution in [0.2, 0.25) is 0 Å². The zero-order valence-electron chi connectivity index (χ0n) is 11.9. The highest BCUT2D eigenvalue weighted by molar-refractivity contribution is 5.78. The fourth-order valence-electron chi connectivity index (χ4n) is 2.67. The van der Waals surface area contributed by atoms with Crippen LogP contribution >= 0.6 is 0 Å². The van der Waals surface area contributed by atoms with Crippen LogP contribution in [-0.4, -0.2) is 59.1 Å². The van der Waals surface area contributed by atoms with Gasteiger partial charge in [0.2, 0.25) is 5.91 Å². The molecule has 0 bridgehead atoms. The molecule has 1 rings (SSSR count). The molecule has 2 atom stereocenters. The number of likely N-dealkylation sites (tertiary alicyclic amines) is 1. The van der Waals surface area contributed by atoms with Crippen molar-refractivity contribution in [2.75, 3.05) is 26.2 Å². The maximum absolute atomic E-state index is 12.3. The molecule has 0 radical (unpaired) electrons. The van der Waals surface area contributed by atoms with Gasteiger partial charge in [0, 0.05) is 25.2 Å². The van der Waals surface area contributed by atoms with Crippen LogP contribution in [0.1, 0.15) is 26.2 Å². The summed E-state index contributed by atoms with van der Waals surface area (Å²) >= 11 is 0. The molecule has 0 aromatic rings. The van der Waals surface area contributed by atoms with Gasteiger partial charge in [-0.2, -0.15) is 0 Å². The Labute approximate surface area is 116 Å². The van der Waals surface area contributed by atoms with E-state index in [1.54, 1.807) is 17.1 Å². The first-order valence-electron chi connectivity index (χ1n) is 7.00. The summed E-state index contributed by atoms with van der Waals surface area (Å²) < 4.78 is 0. The Morgan fingerprint density at radius 3 is 2.53 bits per heavy atom. The van der Waals surface area contributed by atoms with E-state index in [0.717, 1.165) is 19.3 Å². The van der Waals surface area contributed by atoms with Crippen molar-refractivity contribution in [3.63, 3.8) is 0 Å².